The maximum Gasteiger partial charge on any atom is 0.341 e. The molecule has 2 rings (SSSR count). The Morgan fingerprint density at radius 2 is 2.05 bits per heavy atom. The highest BCUT2D eigenvalue weighted by molar-refractivity contribution is 7.80. The molecule has 0 aliphatic carbocycles. The topological polar surface area (TPSA) is 55.6 Å². The van der Waals surface area contributed by atoms with E-state index >= 15 is 0 Å². The molecule has 2 N–H and O–H groups in total. The number of thiophene rings is 1. The Labute approximate surface area is 126 Å². The number of para-hydroxylation sites is 1. The van der Waals surface area contributed by atoms with Gasteiger partial charge in [-0.15, -0.1) is 11.3 Å². The lowest BCUT2D eigenvalue weighted by molar-refractivity contribution is 0.0528. The van der Waals surface area contributed by atoms with E-state index in [1.807, 2.05) is 35.7 Å². The Bertz CT molecular complexity index is 611. The van der Waals surface area contributed by atoms with Gasteiger partial charge in [0.1, 0.15) is 5.00 Å². The Hall–Kier alpha value is -1.92. The van der Waals surface area contributed by atoms with Gasteiger partial charge >= 0.3 is 5.97 Å². The fraction of sp³-hybridized carbons (Fsp3) is 0.143. The number of ether oxygens (including phenoxy) is 1. The maximum absolute atomic E-state index is 12.0. The summed E-state index contributed by atoms with van der Waals surface area (Å²) in [6.07, 6.45) is 0. The second kappa shape index (κ2) is 6.49. The van der Waals surface area contributed by atoms with Gasteiger partial charge in [0.25, 0.3) is 0 Å². The van der Waals surface area contributed by atoms with Crippen molar-refractivity contribution < 1.29 is 9.53 Å². The van der Waals surface area contributed by atoms with E-state index in [1.54, 1.807) is 17.9 Å². The number of benzene rings is 1. The monoisotopic (exact) mass is 306 g/mol. The number of esters is 1. The summed E-state index contributed by atoms with van der Waals surface area (Å²) in [5.41, 5.74) is 7.09. The molecule has 0 atom stereocenters. The third-order valence-corrected chi connectivity index (χ3v) is 3.66. The maximum atomic E-state index is 12.0. The van der Waals surface area contributed by atoms with Gasteiger partial charge in [0.05, 0.1) is 12.2 Å². The Morgan fingerprint density at radius 1 is 1.35 bits per heavy atom. The summed E-state index contributed by atoms with van der Waals surface area (Å²) < 4.78 is 5.05. The minimum absolute atomic E-state index is 0.184. The number of carbonyl (C=O) groups excluding carboxylic acids is 1. The van der Waals surface area contributed by atoms with Gasteiger partial charge in [-0.2, -0.15) is 0 Å². The smallest absolute Gasteiger partial charge is 0.341 e. The highest BCUT2D eigenvalue weighted by atomic mass is 32.1. The van der Waals surface area contributed by atoms with Gasteiger partial charge in [0.15, 0.2) is 5.11 Å². The Kier molecular flexibility index (Phi) is 4.70. The van der Waals surface area contributed by atoms with Crippen molar-refractivity contribution >= 4 is 45.3 Å². The van der Waals surface area contributed by atoms with Crippen LogP contribution in [-0.2, 0) is 4.74 Å². The first-order valence-electron chi connectivity index (χ1n) is 6.04. The second-order valence-electron chi connectivity index (χ2n) is 3.87. The van der Waals surface area contributed by atoms with Crippen LogP contribution in [0.3, 0.4) is 0 Å². The van der Waals surface area contributed by atoms with Gasteiger partial charge in [-0.3, -0.25) is 4.90 Å². The molecule has 6 heteroatoms. The number of anilines is 2. The van der Waals surface area contributed by atoms with Crippen molar-refractivity contribution in [1.29, 1.82) is 0 Å². The second-order valence-corrected chi connectivity index (χ2v) is 5.18. The molecule has 0 saturated heterocycles. The van der Waals surface area contributed by atoms with E-state index < -0.39 is 0 Å². The van der Waals surface area contributed by atoms with E-state index in [0.29, 0.717) is 17.2 Å². The molecule has 1 aromatic carbocycles. The summed E-state index contributed by atoms with van der Waals surface area (Å²) >= 11 is 6.51. The van der Waals surface area contributed by atoms with Crippen molar-refractivity contribution in [2.75, 3.05) is 11.5 Å². The largest absolute Gasteiger partial charge is 0.462 e. The molecule has 0 spiro atoms. The fourth-order valence-corrected chi connectivity index (χ4v) is 2.94. The van der Waals surface area contributed by atoms with Crippen molar-refractivity contribution in [1.82, 2.24) is 0 Å². The fourth-order valence-electron chi connectivity index (χ4n) is 1.76. The van der Waals surface area contributed by atoms with Crippen LogP contribution in [0, 0.1) is 0 Å². The van der Waals surface area contributed by atoms with E-state index in [9.17, 15) is 4.79 Å². The van der Waals surface area contributed by atoms with Gasteiger partial charge in [-0.25, -0.2) is 4.79 Å². The summed E-state index contributed by atoms with van der Waals surface area (Å²) in [5.74, 6) is -0.374. The predicted molar refractivity (Wildman–Crippen MR) is 85.6 cm³/mol. The minimum Gasteiger partial charge on any atom is -0.462 e. The third-order valence-electron chi connectivity index (χ3n) is 2.58. The van der Waals surface area contributed by atoms with Crippen molar-refractivity contribution in [3.8, 4) is 0 Å². The number of carbonyl (C=O) groups is 1. The lowest BCUT2D eigenvalue weighted by Gasteiger charge is -2.22. The average molecular weight is 306 g/mol. The van der Waals surface area contributed by atoms with Crippen LogP contribution in [0.1, 0.15) is 17.3 Å². The molecule has 4 nitrogen and oxygen atoms in total. The SMILES string of the molecule is CCOC(=O)c1ccsc1N(C(N)=S)c1ccccc1. The van der Waals surface area contributed by atoms with Crippen LogP contribution >= 0.6 is 23.6 Å². The van der Waals surface area contributed by atoms with Crippen LogP contribution in [0.15, 0.2) is 41.8 Å². The van der Waals surface area contributed by atoms with Gasteiger partial charge < -0.3 is 10.5 Å². The third kappa shape index (κ3) is 2.97. The van der Waals surface area contributed by atoms with Gasteiger partial charge in [-0.05, 0) is 42.7 Å². The normalized spacial score (nSPS) is 10.1. The zero-order valence-corrected chi connectivity index (χ0v) is 12.5. The zero-order chi connectivity index (χ0) is 14.5. The number of hydrogen-bond acceptors (Lipinski definition) is 4. The summed E-state index contributed by atoms with van der Waals surface area (Å²) in [7, 11) is 0. The molecule has 2 aromatic rings. The van der Waals surface area contributed by atoms with Crippen LogP contribution in [0.25, 0.3) is 0 Å². The highest BCUT2D eigenvalue weighted by Crippen LogP contribution is 2.34. The quantitative estimate of drug-likeness (QED) is 0.694. The molecule has 0 bridgehead atoms. The number of nitrogens with two attached hydrogens (primary N) is 1. The molecule has 0 aliphatic heterocycles. The molecule has 1 aromatic heterocycles. The molecule has 0 unspecified atom stereocenters. The van der Waals surface area contributed by atoms with Crippen LogP contribution < -0.4 is 10.6 Å². The molecular weight excluding hydrogens is 292 g/mol. The molecule has 0 amide bonds. The molecule has 0 aliphatic rings. The van der Waals surface area contributed by atoms with E-state index in [0.717, 1.165) is 5.69 Å². The first-order valence-corrected chi connectivity index (χ1v) is 7.33. The number of rotatable bonds is 4. The zero-order valence-electron chi connectivity index (χ0n) is 10.9. The lowest BCUT2D eigenvalue weighted by Crippen LogP contribution is -2.31. The lowest BCUT2D eigenvalue weighted by atomic mass is 10.2. The highest BCUT2D eigenvalue weighted by Gasteiger charge is 2.22. The number of nitrogens with zero attached hydrogens (tertiary/aromatic N) is 1. The van der Waals surface area contributed by atoms with E-state index in [2.05, 4.69) is 0 Å². The Balaban J connectivity index is 2.44. The van der Waals surface area contributed by atoms with Crippen molar-refractivity contribution in [2.24, 2.45) is 5.73 Å². The van der Waals surface area contributed by atoms with Crippen LogP contribution in [0.5, 0.6) is 0 Å². The molecule has 20 heavy (non-hydrogen) atoms. The molecule has 0 saturated carbocycles. The standard InChI is InChI=1S/C14H14N2O2S2/c1-2-18-13(17)11-8-9-20-12(11)16(14(15)19)10-6-4-3-5-7-10/h3-9H,2H2,1H3,(H2,15,19). The van der Waals surface area contributed by atoms with Crippen molar-refractivity contribution in [3.63, 3.8) is 0 Å². The first kappa shape index (κ1) is 14.5. The summed E-state index contributed by atoms with van der Waals surface area (Å²) in [6.45, 7) is 2.10. The Morgan fingerprint density at radius 3 is 2.65 bits per heavy atom. The first-order chi connectivity index (χ1) is 9.65. The molecule has 1 heterocycles. The van der Waals surface area contributed by atoms with Gasteiger partial charge in [0.2, 0.25) is 0 Å². The van der Waals surface area contributed by atoms with Crippen LogP contribution in [0.2, 0.25) is 0 Å². The summed E-state index contributed by atoms with van der Waals surface area (Å²) in [5, 5.41) is 2.67. The van der Waals surface area contributed by atoms with Gasteiger partial charge in [0, 0.05) is 5.69 Å². The van der Waals surface area contributed by atoms with Gasteiger partial charge in [-0.1, -0.05) is 18.2 Å². The summed E-state index contributed by atoms with van der Waals surface area (Å²) in [6, 6.07) is 11.2. The van der Waals surface area contributed by atoms with Crippen LogP contribution in [0.4, 0.5) is 10.7 Å². The number of thiocarbonyl (C=S) groups is 1. The van der Waals surface area contributed by atoms with Crippen molar-refractivity contribution in [2.45, 2.75) is 6.92 Å². The van der Waals surface area contributed by atoms with E-state index in [4.69, 9.17) is 22.7 Å². The van der Waals surface area contributed by atoms with E-state index in [-0.39, 0.29) is 11.1 Å². The molecule has 0 radical (unpaired) electrons. The summed E-state index contributed by atoms with van der Waals surface area (Å²) in [4.78, 5) is 13.6. The molecule has 0 fully saturated rings. The predicted octanol–water partition coefficient (Wildman–Crippen LogP) is 3.31. The molecular formula is C14H14N2O2S2. The molecule has 104 valence electrons. The van der Waals surface area contributed by atoms with Crippen LogP contribution in [-0.4, -0.2) is 17.7 Å². The average Bonchev–Trinajstić information content (AvgIpc) is 2.89. The van der Waals surface area contributed by atoms with Crippen molar-refractivity contribution in [3.05, 3.63) is 47.3 Å². The minimum atomic E-state index is -0.374. The number of hydrogen-bond donors (Lipinski definition) is 1. The van der Waals surface area contributed by atoms with E-state index in [1.165, 1.54) is 11.3 Å².